The molecule has 0 amide bonds. The van der Waals surface area contributed by atoms with E-state index in [-0.39, 0.29) is 6.04 Å². The topological polar surface area (TPSA) is 47.1 Å². The minimum atomic E-state index is -3.03. The largest absolute Gasteiger partial charge is 0.306 e. The molecule has 0 saturated carbocycles. The number of nitrogens with zero attached hydrogens (tertiary/aromatic N) is 4. The van der Waals surface area contributed by atoms with E-state index in [9.17, 15) is 8.42 Å². The third-order valence-electron chi connectivity index (χ3n) is 6.04. The van der Waals surface area contributed by atoms with E-state index in [0.29, 0.717) is 18.8 Å². The molecule has 1 atom stereocenters. The maximum absolute atomic E-state index is 12.3. The van der Waals surface area contributed by atoms with Gasteiger partial charge < -0.3 is 4.90 Å². The van der Waals surface area contributed by atoms with Gasteiger partial charge in [0.1, 0.15) is 0 Å². The lowest BCUT2D eigenvalue weighted by Crippen LogP contribution is -2.55. The van der Waals surface area contributed by atoms with Gasteiger partial charge in [-0.05, 0) is 39.4 Å². The smallest absolute Gasteiger partial charge is 0.215 e. The molecule has 7 heteroatoms. The molecule has 0 bridgehead atoms. The van der Waals surface area contributed by atoms with Gasteiger partial charge in [-0.1, -0.05) is 13.3 Å². The second-order valence-electron chi connectivity index (χ2n) is 7.75. The summed E-state index contributed by atoms with van der Waals surface area (Å²) in [7, 11) is -0.818. The Morgan fingerprint density at radius 1 is 0.917 bits per heavy atom. The van der Waals surface area contributed by atoms with Crippen molar-refractivity contribution in [3.63, 3.8) is 0 Å². The molecule has 24 heavy (non-hydrogen) atoms. The van der Waals surface area contributed by atoms with Gasteiger partial charge in [-0.2, -0.15) is 0 Å². The first-order chi connectivity index (χ1) is 11.5. The van der Waals surface area contributed by atoms with Crippen LogP contribution in [0.5, 0.6) is 0 Å². The highest BCUT2D eigenvalue weighted by atomic mass is 32.2. The molecule has 0 spiro atoms. The van der Waals surface area contributed by atoms with Crippen LogP contribution in [0.4, 0.5) is 0 Å². The van der Waals surface area contributed by atoms with Crippen LogP contribution >= 0.6 is 0 Å². The van der Waals surface area contributed by atoms with Gasteiger partial charge in [0.2, 0.25) is 10.0 Å². The minimum absolute atomic E-state index is 0.200. The summed E-state index contributed by atoms with van der Waals surface area (Å²) >= 11 is 0. The first-order valence-electron chi connectivity index (χ1n) is 9.64. The fourth-order valence-corrected chi connectivity index (χ4v) is 6.18. The summed E-state index contributed by atoms with van der Waals surface area (Å²) in [5.41, 5.74) is 0. The molecule has 3 saturated heterocycles. The molecule has 3 aliphatic heterocycles. The molecule has 0 aliphatic carbocycles. The van der Waals surface area contributed by atoms with Crippen LogP contribution < -0.4 is 0 Å². The summed E-state index contributed by atoms with van der Waals surface area (Å²) in [5, 5.41) is 0. The van der Waals surface area contributed by atoms with Crippen LogP contribution in [0.25, 0.3) is 0 Å². The van der Waals surface area contributed by atoms with Crippen molar-refractivity contribution in [1.29, 1.82) is 0 Å². The van der Waals surface area contributed by atoms with Crippen LogP contribution in [0.1, 0.15) is 32.6 Å². The number of sulfonamides is 1. The third-order valence-corrected chi connectivity index (χ3v) is 7.97. The molecule has 0 radical (unpaired) electrons. The quantitative estimate of drug-likeness (QED) is 0.717. The molecule has 140 valence electrons. The zero-order chi connectivity index (χ0) is 17.2. The lowest BCUT2D eigenvalue weighted by Gasteiger charge is -2.43. The summed E-state index contributed by atoms with van der Waals surface area (Å²) in [6.07, 6.45) is 4.57. The fraction of sp³-hybridized carbons (Fsp3) is 1.00. The first kappa shape index (κ1) is 18.6. The number of hydrogen-bond donors (Lipinski definition) is 0. The first-order valence-corrected chi connectivity index (χ1v) is 11.2. The highest BCUT2D eigenvalue weighted by Gasteiger charge is 2.39. The van der Waals surface area contributed by atoms with Crippen LogP contribution in [0.3, 0.4) is 0 Å². The highest BCUT2D eigenvalue weighted by Crippen LogP contribution is 2.23. The molecule has 0 aromatic heterocycles. The standard InChI is InChI=1S/C17H34N4O2S/c1-3-4-7-21-14-17(15-24(21,22)23)20-12-10-19(11-13-20)16-5-8-18(2)9-6-16/h16-17H,3-15H2,1-2H3. The molecule has 1 unspecified atom stereocenters. The maximum atomic E-state index is 12.3. The Morgan fingerprint density at radius 2 is 1.50 bits per heavy atom. The van der Waals surface area contributed by atoms with Crippen molar-refractivity contribution in [3.05, 3.63) is 0 Å². The van der Waals surface area contributed by atoms with Crippen molar-refractivity contribution in [2.45, 2.75) is 44.7 Å². The van der Waals surface area contributed by atoms with E-state index in [2.05, 4.69) is 28.7 Å². The molecular formula is C17H34N4O2S. The average Bonchev–Trinajstić information content (AvgIpc) is 2.88. The van der Waals surface area contributed by atoms with Crippen molar-refractivity contribution < 1.29 is 8.42 Å². The summed E-state index contributed by atoms with van der Waals surface area (Å²) in [6.45, 7) is 10.2. The predicted molar refractivity (Wildman–Crippen MR) is 97.7 cm³/mol. The SMILES string of the molecule is CCCCN1CC(N2CCN(C3CCN(C)CC3)CC2)CS1(=O)=O. The minimum Gasteiger partial charge on any atom is -0.306 e. The Hall–Kier alpha value is -0.210. The van der Waals surface area contributed by atoms with Crippen molar-refractivity contribution in [1.82, 2.24) is 19.0 Å². The molecular weight excluding hydrogens is 324 g/mol. The van der Waals surface area contributed by atoms with Crippen molar-refractivity contribution in [2.75, 3.05) is 65.2 Å². The van der Waals surface area contributed by atoms with E-state index in [4.69, 9.17) is 0 Å². The molecule has 6 nitrogen and oxygen atoms in total. The molecule has 0 aromatic rings. The van der Waals surface area contributed by atoms with Crippen molar-refractivity contribution in [3.8, 4) is 0 Å². The predicted octanol–water partition coefficient (Wildman–Crippen LogP) is 0.512. The molecule has 3 aliphatic rings. The fourth-order valence-electron chi connectivity index (χ4n) is 4.36. The summed E-state index contributed by atoms with van der Waals surface area (Å²) in [4.78, 5) is 7.48. The number of piperazine rings is 1. The van der Waals surface area contributed by atoms with E-state index in [1.807, 2.05) is 0 Å². The average molecular weight is 359 g/mol. The van der Waals surface area contributed by atoms with E-state index >= 15 is 0 Å². The normalized spacial score (nSPS) is 31.7. The van der Waals surface area contributed by atoms with E-state index in [0.717, 1.165) is 45.1 Å². The Labute approximate surface area is 147 Å². The van der Waals surface area contributed by atoms with Crippen LogP contribution in [0.2, 0.25) is 0 Å². The van der Waals surface area contributed by atoms with Crippen LogP contribution in [0.15, 0.2) is 0 Å². The molecule has 3 heterocycles. The Kier molecular flexibility index (Phi) is 6.19. The van der Waals surface area contributed by atoms with Crippen molar-refractivity contribution >= 4 is 10.0 Å². The number of unbranched alkanes of at least 4 members (excludes halogenated alkanes) is 1. The molecule has 0 N–H and O–H groups in total. The Morgan fingerprint density at radius 3 is 2.08 bits per heavy atom. The molecule has 3 rings (SSSR count). The second kappa shape index (κ2) is 7.99. The zero-order valence-electron chi connectivity index (χ0n) is 15.4. The van der Waals surface area contributed by atoms with Gasteiger partial charge in [0, 0.05) is 51.4 Å². The van der Waals surface area contributed by atoms with Crippen LogP contribution in [-0.4, -0.2) is 105 Å². The maximum Gasteiger partial charge on any atom is 0.215 e. The van der Waals surface area contributed by atoms with E-state index in [1.54, 1.807) is 4.31 Å². The van der Waals surface area contributed by atoms with Crippen LogP contribution in [-0.2, 0) is 10.0 Å². The number of piperidine rings is 1. The van der Waals surface area contributed by atoms with Gasteiger partial charge in [-0.25, -0.2) is 12.7 Å². The van der Waals surface area contributed by atoms with E-state index < -0.39 is 10.0 Å². The lowest BCUT2D eigenvalue weighted by molar-refractivity contribution is 0.0497. The Bertz CT molecular complexity index is 497. The second-order valence-corrected chi connectivity index (χ2v) is 9.76. The number of likely N-dealkylation sites (tertiary alicyclic amines) is 1. The van der Waals surface area contributed by atoms with E-state index in [1.165, 1.54) is 25.9 Å². The van der Waals surface area contributed by atoms with Crippen molar-refractivity contribution in [2.24, 2.45) is 0 Å². The summed E-state index contributed by atoms with van der Waals surface area (Å²) in [5.74, 6) is 0.324. The third kappa shape index (κ3) is 4.30. The van der Waals surface area contributed by atoms with Gasteiger partial charge in [-0.15, -0.1) is 0 Å². The Balaban J connectivity index is 1.48. The monoisotopic (exact) mass is 358 g/mol. The summed E-state index contributed by atoms with van der Waals surface area (Å²) < 4.78 is 26.4. The highest BCUT2D eigenvalue weighted by molar-refractivity contribution is 7.89. The lowest BCUT2D eigenvalue weighted by atomic mass is 10.0. The molecule has 3 fully saturated rings. The van der Waals surface area contributed by atoms with Gasteiger partial charge in [-0.3, -0.25) is 9.80 Å². The zero-order valence-corrected chi connectivity index (χ0v) is 16.2. The van der Waals surface area contributed by atoms with Gasteiger partial charge in [0.15, 0.2) is 0 Å². The van der Waals surface area contributed by atoms with Gasteiger partial charge in [0.25, 0.3) is 0 Å². The number of hydrogen-bond acceptors (Lipinski definition) is 5. The van der Waals surface area contributed by atoms with Gasteiger partial charge in [0.05, 0.1) is 5.75 Å². The van der Waals surface area contributed by atoms with Gasteiger partial charge >= 0.3 is 0 Å². The van der Waals surface area contributed by atoms with Crippen LogP contribution in [0, 0.1) is 0 Å². The summed E-state index contributed by atoms with van der Waals surface area (Å²) in [6, 6.07) is 0.934. The molecule has 0 aromatic carbocycles. The number of rotatable bonds is 5.